The van der Waals surface area contributed by atoms with Crippen LogP contribution < -0.4 is 5.32 Å². The topological polar surface area (TPSA) is 42.7 Å². The van der Waals surface area contributed by atoms with Crippen molar-refractivity contribution in [3.05, 3.63) is 54.1 Å². The van der Waals surface area contributed by atoms with E-state index in [1.807, 2.05) is 24.3 Å². The van der Waals surface area contributed by atoms with Crippen molar-refractivity contribution in [2.45, 2.75) is 6.67 Å². The molecule has 0 saturated heterocycles. The fraction of sp³-hybridized carbons (Fsp3) is 0.0769. The van der Waals surface area contributed by atoms with E-state index in [1.165, 1.54) is 12.1 Å². The first-order valence-corrected chi connectivity index (χ1v) is 5.71. The van der Waals surface area contributed by atoms with Gasteiger partial charge in [-0.05, 0) is 24.3 Å². The summed E-state index contributed by atoms with van der Waals surface area (Å²) < 4.78 is 27.8. The Morgan fingerprint density at radius 1 is 1.11 bits per heavy atom. The van der Waals surface area contributed by atoms with Gasteiger partial charge in [0.2, 0.25) is 0 Å². The van der Waals surface area contributed by atoms with Crippen LogP contribution in [0.5, 0.6) is 0 Å². The van der Waals surface area contributed by atoms with Crippen molar-refractivity contribution in [1.82, 2.24) is 15.0 Å². The van der Waals surface area contributed by atoms with Crippen LogP contribution in [0.15, 0.2) is 42.5 Å². The summed E-state index contributed by atoms with van der Waals surface area (Å²) in [6.07, 6.45) is 0. The SMILES string of the molecule is Fc1ccc(NCn2nnc3ccccc32)c(F)c1. The Morgan fingerprint density at radius 3 is 2.79 bits per heavy atom. The van der Waals surface area contributed by atoms with Crippen molar-refractivity contribution < 1.29 is 8.78 Å². The van der Waals surface area contributed by atoms with Crippen molar-refractivity contribution in [2.75, 3.05) is 5.32 Å². The molecule has 0 spiro atoms. The minimum Gasteiger partial charge on any atom is -0.364 e. The van der Waals surface area contributed by atoms with Gasteiger partial charge in [-0.15, -0.1) is 5.10 Å². The minimum absolute atomic E-state index is 0.223. The molecule has 3 aromatic rings. The second-order valence-electron chi connectivity index (χ2n) is 4.04. The van der Waals surface area contributed by atoms with Crippen LogP contribution >= 0.6 is 0 Å². The summed E-state index contributed by atoms with van der Waals surface area (Å²) >= 11 is 0. The monoisotopic (exact) mass is 260 g/mol. The molecular formula is C13H10F2N4. The quantitative estimate of drug-likeness (QED) is 0.787. The van der Waals surface area contributed by atoms with Gasteiger partial charge in [-0.3, -0.25) is 0 Å². The number of rotatable bonds is 3. The molecule has 3 rings (SSSR count). The number of aromatic nitrogens is 3. The second-order valence-corrected chi connectivity index (χ2v) is 4.04. The lowest BCUT2D eigenvalue weighted by Gasteiger charge is -2.07. The largest absolute Gasteiger partial charge is 0.364 e. The number of benzene rings is 2. The van der Waals surface area contributed by atoms with Gasteiger partial charge in [0.1, 0.15) is 23.8 Å². The molecule has 0 unspecified atom stereocenters. The van der Waals surface area contributed by atoms with E-state index in [-0.39, 0.29) is 12.4 Å². The standard InChI is InChI=1S/C13H10F2N4/c14-9-5-6-11(10(15)7-9)16-8-19-13-4-2-1-3-12(13)17-18-19/h1-7,16H,8H2. The molecule has 0 aliphatic carbocycles. The lowest BCUT2D eigenvalue weighted by Crippen LogP contribution is -2.10. The summed E-state index contributed by atoms with van der Waals surface area (Å²) in [5, 5.41) is 10.8. The van der Waals surface area contributed by atoms with E-state index in [1.54, 1.807) is 4.68 Å². The lowest BCUT2D eigenvalue weighted by molar-refractivity contribution is 0.581. The number of halogens is 2. The van der Waals surface area contributed by atoms with Gasteiger partial charge in [0.15, 0.2) is 0 Å². The summed E-state index contributed by atoms with van der Waals surface area (Å²) in [4.78, 5) is 0. The van der Waals surface area contributed by atoms with Gasteiger partial charge in [-0.25, -0.2) is 13.5 Å². The molecule has 1 N–H and O–H groups in total. The fourth-order valence-corrected chi connectivity index (χ4v) is 1.83. The first-order chi connectivity index (χ1) is 9.24. The van der Waals surface area contributed by atoms with Crippen LogP contribution in [-0.4, -0.2) is 15.0 Å². The van der Waals surface area contributed by atoms with Gasteiger partial charge in [-0.1, -0.05) is 17.3 Å². The minimum atomic E-state index is -0.635. The number of para-hydroxylation sites is 1. The molecule has 0 saturated carbocycles. The van der Waals surface area contributed by atoms with Crippen LogP contribution in [-0.2, 0) is 6.67 Å². The van der Waals surface area contributed by atoms with E-state index in [0.717, 1.165) is 17.1 Å². The average molecular weight is 260 g/mol. The predicted octanol–water partition coefficient (Wildman–Crippen LogP) is 2.78. The van der Waals surface area contributed by atoms with Gasteiger partial charge in [0, 0.05) is 6.07 Å². The number of anilines is 1. The van der Waals surface area contributed by atoms with E-state index in [9.17, 15) is 8.78 Å². The predicted molar refractivity (Wildman–Crippen MR) is 67.5 cm³/mol. The molecule has 1 heterocycles. The van der Waals surface area contributed by atoms with Gasteiger partial charge in [0.05, 0.1) is 11.2 Å². The molecule has 0 fully saturated rings. The highest BCUT2D eigenvalue weighted by Gasteiger charge is 2.05. The maximum atomic E-state index is 13.4. The van der Waals surface area contributed by atoms with E-state index < -0.39 is 11.6 Å². The molecule has 4 nitrogen and oxygen atoms in total. The molecular weight excluding hydrogens is 250 g/mol. The van der Waals surface area contributed by atoms with Crippen molar-refractivity contribution in [2.24, 2.45) is 0 Å². The molecule has 0 aliphatic heterocycles. The lowest BCUT2D eigenvalue weighted by atomic mass is 10.3. The van der Waals surface area contributed by atoms with Gasteiger partial charge in [0.25, 0.3) is 0 Å². The Bertz CT molecular complexity index is 723. The molecule has 19 heavy (non-hydrogen) atoms. The normalized spacial score (nSPS) is 10.8. The molecule has 0 atom stereocenters. The van der Waals surface area contributed by atoms with Crippen molar-refractivity contribution in [1.29, 1.82) is 0 Å². The van der Waals surface area contributed by atoms with E-state index in [4.69, 9.17) is 0 Å². The molecule has 2 aromatic carbocycles. The molecule has 0 aliphatic rings. The Labute approximate surface area is 107 Å². The van der Waals surface area contributed by atoms with Crippen molar-refractivity contribution in [3.8, 4) is 0 Å². The zero-order valence-electron chi connectivity index (χ0n) is 9.85. The highest BCUT2D eigenvalue weighted by atomic mass is 19.1. The van der Waals surface area contributed by atoms with Crippen molar-refractivity contribution >= 4 is 16.7 Å². The maximum absolute atomic E-state index is 13.4. The number of hydrogen-bond acceptors (Lipinski definition) is 3. The number of nitrogens with one attached hydrogen (secondary N) is 1. The third-order valence-corrected chi connectivity index (χ3v) is 2.77. The Balaban J connectivity index is 1.82. The van der Waals surface area contributed by atoms with Crippen LogP contribution in [0.3, 0.4) is 0 Å². The van der Waals surface area contributed by atoms with E-state index in [2.05, 4.69) is 15.6 Å². The highest BCUT2D eigenvalue weighted by Crippen LogP contribution is 2.16. The van der Waals surface area contributed by atoms with Crippen molar-refractivity contribution in [3.63, 3.8) is 0 Å². The van der Waals surface area contributed by atoms with Gasteiger partial charge in [-0.2, -0.15) is 0 Å². The Hall–Kier alpha value is -2.50. The summed E-state index contributed by atoms with van der Waals surface area (Å²) in [6, 6.07) is 10.8. The smallest absolute Gasteiger partial charge is 0.149 e. The number of nitrogens with zero attached hydrogens (tertiary/aromatic N) is 3. The average Bonchev–Trinajstić information content (AvgIpc) is 2.81. The summed E-state index contributed by atoms with van der Waals surface area (Å²) in [5.74, 6) is -1.24. The van der Waals surface area contributed by atoms with E-state index >= 15 is 0 Å². The highest BCUT2D eigenvalue weighted by molar-refractivity contribution is 5.73. The fourth-order valence-electron chi connectivity index (χ4n) is 1.83. The first-order valence-electron chi connectivity index (χ1n) is 5.71. The van der Waals surface area contributed by atoms with Crippen LogP contribution in [0.4, 0.5) is 14.5 Å². The first kappa shape index (κ1) is 11.6. The Kier molecular flexibility index (Phi) is 2.83. The number of hydrogen-bond donors (Lipinski definition) is 1. The summed E-state index contributed by atoms with van der Waals surface area (Å²) in [6.45, 7) is 0.253. The second kappa shape index (κ2) is 4.64. The summed E-state index contributed by atoms with van der Waals surface area (Å²) in [7, 11) is 0. The van der Waals surface area contributed by atoms with Crippen LogP contribution in [0.25, 0.3) is 11.0 Å². The molecule has 0 amide bonds. The summed E-state index contributed by atoms with van der Waals surface area (Å²) in [5.41, 5.74) is 1.84. The third-order valence-electron chi connectivity index (χ3n) is 2.77. The zero-order valence-corrected chi connectivity index (χ0v) is 9.85. The molecule has 6 heteroatoms. The maximum Gasteiger partial charge on any atom is 0.149 e. The zero-order chi connectivity index (χ0) is 13.2. The van der Waals surface area contributed by atoms with Gasteiger partial charge < -0.3 is 5.32 Å². The molecule has 0 radical (unpaired) electrons. The van der Waals surface area contributed by atoms with E-state index in [0.29, 0.717) is 0 Å². The number of fused-ring (bicyclic) bond motifs is 1. The van der Waals surface area contributed by atoms with Crippen LogP contribution in [0.2, 0.25) is 0 Å². The van der Waals surface area contributed by atoms with Gasteiger partial charge >= 0.3 is 0 Å². The Morgan fingerprint density at radius 2 is 1.95 bits per heavy atom. The molecule has 96 valence electrons. The van der Waals surface area contributed by atoms with Crippen LogP contribution in [0, 0.1) is 11.6 Å². The third kappa shape index (κ3) is 2.24. The molecule has 0 bridgehead atoms. The van der Waals surface area contributed by atoms with Crippen LogP contribution in [0.1, 0.15) is 0 Å². The molecule has 1 aromatic heterocycles.